The van der Waals surface area contributed by atoms with Crippen LogP contribution in [0.15, 0.2) is 97.2 Å². The SMILES string of the molecule is O=C(N[C@@H](Cc1ccc(OCc2ccccn2)cc1)C(=O)O)OCC1c2ccccc2-c2ccccc21. The molecule has 186 valence electrons. The average Bonchev–Trinajstić information content (AvgIpc) is 3.25. The Morgan fingerprint density at radius 1 is 0.865 bits per heavy atom. The van der Waals surface area contributed by atoms with Gasteiger partial charge in [-0.1, -0.05) is 66.7 Å². The molecule has 1 aliphatic carbocycles. The zero-order valence-corrected chi connectivity index (χ0v) is 20.0. The zero-order chi connectivity index (χ0) is 25.6. The first-order chi connectivity index (χ1) is 18.1. The van der Waals surface area contributed by atoms with Gasteiger partial charge in [0.25, 0.3) is 0 Å². The van der Waals surface area contributed by atoms with E-state index in [-0.39, 0.29) is 18.9 Å². The molecule has 0 saturated heterocycles. The third kappa shape index (κ3) is 5.62. The highest BCUT2D eigenvalue weighted by atomic mass is 16.5. The van der Waals surface area contributed by atoms with E-state index in [0.29, 0.717) is 12.4 Å². The zero-order valence-electron chi connectivity index (χ0n) is 20.0. The molecule has 0 spiro atoms. The molecule has 1 atom stereocenters. The number of amides is 1. The van der Waals surface area contributed by atoms with Gasteiger partial charge in [-0.25, -0.2) is 9.59 Å². The van der Waals surface area contributed by atoms with E-state index in [0.717, 1.165) is 33.5 Å². The van der Waals surface area contributed by atoms with E-state index in [2.05, 4.69) is 22.4 Å². The van der Waals surface area contributed by atoms with Crippen molar-refractivity contribution in [3.63, 3.8) is 0 Å². The summed E-state index contributed by atoms with van der Waals surface area (Å²) in [7, 11) is 0. The summed E-state index contributed by atoms with van der Waals surface area (Å²) in [6, 6.07) is 27.7. The number of carboxylic acids is 1. The number of alkyl carbamates (subject to hydrolysis) is 1. The number of carbonyl (C=O) groups excluding carboxylic acids is 1. The predicted molar refractivity (Wildman–Crippen MR) is 138 cm³/mol. The quantitative estimate of drug-likeness (QED) is 0.332. The van der Waals surface area contributed by atoms with Crippen LogP contribution < -0.4 is 10.1 Å². The van der Waals surface area contributed by atoms with Crippen molar-refractivity contribution in [2.75, 3.05) is 6.61 Å². The lowest BCUT2D eigenvalue weighted by atomic mass is 9.98. The molecular weight excluding hydrogens is 468 g/mol. The molecule has 1 heterocycles. The molecule has 7 heteroatoms. The number of aliphatic carboxylic acids is 1. The summed E-state index contributed by atoms with van der Waals surface area (Å²) < 4.78 is 11.2. The number of aromatic nitrogens is 1. The number of ether oxygens (including phenoxy) is 2. The molecule has 0 saturated carbocycles. The van der Waals surface area contributed by atoms with Crippen molar-refractivity contribution in [1.29, 1.82) is 0 Å². The predicted octanol–water partition coefficient (Wildman–Crippen LogP) is 5.20. The van der Waals surface area contributed by atoms with Crippen molar-refractivity contribution in [3.8, 4) is 16.9 Å². The molecule has 0 unspecified atom stereocenters. The Morgan fingerprint density at radius 2 is 1.51 bits per heavy atom. The minimum absolute atomic E-state index is 0.0972. The molecule has 2 N–H and O–H groups in total. The summed E-state index contributed by atoms with van der Waals surface area (Å²) in [6.07, 6.45) is 1.06. The lowest BCUT2D eigenvalue weighted by Gasteiger charge is -2.17. The van der Waals surface area contributed by atoms with Crippen molar-refractivity contribution < 1.29 is 24.2 Å². The van der Waals surface area contributed by atoms with E-state index < -0.39 is 18.1 Å². The number of carboxylic acid groups (broad SMARTS) is 1. The van der Waals surface area contributed by atoms with Gasteiger partial charge in [-0.15, -0.1) is 0 Å². The lowest BCUT2D eigenvalue weighted by molar-refractivity contribution is -0.139. The van der Waals surface area contributed by atoms with Gasteiger partial charge in [-0.2, -0.15) is 0 Å². The van der Waals surface area contributed by atoms with Crippen LogP contribution in [0.3, 0.4) is 0 Å². The summed E-state index contributed by atoms with van der Waals surface area (Å²) in [5, 5.41) is 12.2. The minimum atomic E-state index is -1.14. The topological polar surface area (TPSA) is 97.8 Å². The Hall–Kier alpha value is -4.65. The Balaban J connectivity index is 1.17. The molecule has 1 aromatic heterocycles. The minimum Gasteiger partial charge on any atom is -0.487 e. The van der Waals surface area contributed by atoms with Gasteiger partial charge in [0.05, 0.1) is 5.69 Å². The second-order valence-electron chi connectivity index (χ2n) is 8.82. The normalized spacial score (nSPS) is 12.8. The van der Waals surface area contributed by atoms with Crippen LogP contribution in [0, 0.1) is 0 Å². The van der Waals surface area contributed by atoms with E-state index in [4.69, 9.17) is 9.47 Å². The smallest absolute Gasteiger partial charge is 0.407 e. The van der Waals surface area contributed by atoms with Gasteiger partial charge >= 0.3 is 12.1 Å². The van der Waals surface area contributed by atoms with E-state index in [1.165, 1.54) is 0 Å². The fourth-order valence-corrected chi connectivity index (χ4v) is 4.58. The monoisotopic (exact) mass is 494 g/mol. The highest BCUT2D eigenvalue weighted by Crippen LogP contribution is 2.44. The van der Waals surface area contributed by atoms with E-state index >= 15 is 0 Å². The van der Waals surface area contributed by atoms with E-state index in [1.54, 1.807) is 30.5 Å². The van der Waals surface area contributed by atoms with E-state index in [9.17, 15) is 14.7 Å². The molecule has 1 amide bonds. The average molecular weight is 495 g/mol. The van der Waals surface area contributed by atoms with Crippen LogP contribution in [-0.4, -0.2) is 34.8 Å². The van der Waals surface area contributed by atoms with Crippen LogP contribution in [0.2, 0.25) is 0 Å². The Labute approximate surface area is 214 Å². The molecule has 4 aromatic rings. The molecule has 0 fully saturated rings. The molecule has 3 aromatic carbocycles. The van der Waals surface area contributed by atoms with Crippen LogP contribution in [0.4, 0.5) is 4.79 Å². The van der Waals surface area contributed by atoms with Gasteiger partial charge in [0.1, 0.15) is 25.0 Å². The van der Waals surface area contributed by atoms with E-state index in [1.807, 2.05) is 54.6 Å². The fraction of sp³-hybridized carbons (Fsp3) is 0.167. The maximum Gasteiger partial charge on any atom is 0.407 e. The first-order valence-electron chi connectivity index (χ1n) is 12.0. The second-order valence-corrected chi connectivity index (χ2v) is 8.82. The number of carbonyl (C=O) groups is 2. The van der Waals surface area contributed by atoms with Crippen LogP contribution in [0.1, 0.15) is 28.3 Å². The van der Waals surface area contributed by atoms with Crippen LogP contribution >= 0.6 is 0 Å². The Bertz CT molecular complexity index is 1340. The number of pyridine rings is 1. The number of hydrogen-bond donors (Lipinski definition) is 2. The number of fused-ring (bicyclic) bond motifs is 3. The van der Waals surface area contributed by atoms with Crippen molar-refractivity contribution in [2.24, 2.45) is 0 Å². The molecule has 0 radical (unpaired) electrons. The van der Waals surface area contributed by atoms with Crippen LogP contribution in [-0.2, 0) is 22.6 Å². The van der Waals surface area contributed by atoms with Gasteiger partial charge in [0, 0.05) is 18.5 Å². The molecule has 1 aliphatic rings. The maximum atomic E-state index is 12.6. The van der Waals surface area contributed by atoms with Crippen molar-refractivity contribution in [3.05, 3.63) is 120 Å². The highest BCUT2D eigenvalue weighted by Gasteiger charge is 2.29. The molecule has 0 aliphatic heterocycles. The van der Waals surface area contributed by atoms with Crippen molar-refractivity contribution >= 4 is 12.1 Å². The Morgan fingerprint density at radius 3 is 2.14 bits per heavy atom. The largest absolute Gasteiger partial charge is 0.487 e. The summed E-state index contributed by atoms with van der Waals surface area (Å²) in [4.78, 5) is 28.6. The van der Waals surface area contributed by atoms with Crippen molar-refractivity contribution in [1.82, 2.24) is 10.3 Å². The third-order valence-corrected chi connectivity index (χ3v) is 6.41. The highest BCUT2D eigenvalue weighted by molar-refractivity contribution is 5.81. The number of rotatable bonds is 9. The number of hydrogen-bond acceptors (Lipinski definition) is 5. The summed E-state index contributed by atoms with van der Waals surface area (Å²) in [5.74, 6) is -0.588. The fourth-order valence-electron chi connectivity index (χ4n) is 4.58. The summed E-state index contributed by atoms with van der Waals surface area (Å²) >= 11 is 0. The molecule has 0 bridgehead atoms. The standard InChI is InChI=1S/C30H26N2O5/c33-29(34)28(17-20-12-14-22(15-13-20)36-18-21-7-5-6-16-31-21)32-30(35)37-19-27-25-10-3-1-8-23(25)24-9-2-4-11-26(24)27/h1-16,27-28H,17-19H2,(H,32,35)(H,33,34)/t28-/m0/s1. The Kier molecular flexibility index (Phi) is 7.12. The van der Waals surface area contributed by atoms with Gasteiger partial charge in [-0.3, -0.25) is 4.98 Å². The first kappa shape index (κ1) is 24.1. The second kappa shape index (κ2) is 11.0. The molecule has 37 heavy (non-hydrogen) atoms. The van der Waals surface area contributed by atoms with Gasteiger partial charge < -0.3 is 19.9 Å². The third-order valence-electron chi connectivity index (χ3n) is 6.41. The lowest BCUT2D eigenvalue weighted by Crippen LogP contribution is -2.42. The van der Waals surface area contributed by atoms with Crippen molar-refractivity contribution in [2.45, 2.75) is 25.0 Å². The number of nitrogens with one attached hydrogen (secondary N) is 1. The van der Waals surface area contributed by atoms with Gasteiger partial charge in [-0.05, 0) is 52.1 Å². The van der Waals surface area contributed by atoms with Crippen LogP contribution in [0.25, 0.3) is 11.1 Å². The number of nitrogens with zero attached hydrogens (tertiary/aromatic N) is 1. The number of benzene rings is 3. The van der Waals surface area contributed by atoms with Gasteiger partial charge in [0.2, 0.25) is 0 Å². The molecular formula is C30H26N2O5. The van der Waals surface area contributed by atoms with Gasteiger partial charge in [0.15, 0.2) is 0 Å². The maximum absolute atomic E-state index is 12.6. The molecule has 5 rings (SSSR count). The van der Waals surface area contributed by atoms with Crippen LogP contribution in [0.5, 0.6) is 5.75 Å². The summed E-state index contributed by atoms with van der Waals surface area (Å²) in [5.41, 5.74) is 6.00. The molecule has 7 nitrogen and oxygen atoms in total. The first-order valence-corrected chi connectivity index (χ1v) is 12.0. The summed E-state index contributed by atoms with van der Waals surface area (Å²) in [6.45, 7) is 0.454.